The Balaban J connectivity index is 1.38. The number of piperidine rings is 1. The van der Waals surface area contributed by atoms with E-state index in [2.05, 4.69) is 15.6 Å². The first-order valence-corrected chi connectivity index (χ1v) is 10.7. The van der Waals surface area contributed by atoms with E-state index in [4.69, 9.17) is 0 Å². The lowest BCUT2D eigenvalue weighted by molar-refractivity contribution is -0.121. The van der Waals surface area contributed by atoms with Crippen molar-refractivity contribution >= 4 is 23.4 Å². The number of nitrogens with one attached hydrogen (secondary N) is 2. The highest BCUT2D eigenvalue weighted by Gasteiger charge is 2.40. The van der Waals surface area contributed by atoms with Crippen molar-refractivity contribution in [2.75, 3.05) is 11.9 Å². The summed E-state index contributed by atoms with van der Waals surface area (Å²) in [6, 6.07) is 13.7. The number of pyridine rings is 1. The quantitative estimate of drug-likeness (QED) is 0.649. The highest BCUT2D eigenvalue weighted by molar-refractivity contribution is 6.10. The molecule has 3 heterocycles. The molecule has 0 bridgehead atoms. The molecule has 0 saturated carbocycles. The van der Waals surface area contributed by atoms with Gasteiger partial charge in [-0.05, 0) is 48.7 Å². The number of anilines is 1. The van der Waals surface area contributed by atoms with Gasteiger partial charge in [-0.15, -0.1) is 0 Å². The Hall–Kier alpha value is -4.07. The minimum Gasteiger partial charge on any atom is -0.349 e. The molecule has 3 amide bonds. The first kappa shape index (κ1) is 20.8. The Labute approximate surface area is 189 Å². The topological polar surface area (TPSA) is 91.4 Å². The zero-order chi connectivity index (χ0) is 22.9. The zero-order valence-corrected chi connectivity index (χ0v) is 17.6. The van der Waals surface area contributed by atoms with Crippen LogP contribution in [-0.4, -0.2) is 46.2 Å². The van der Waals surface area contributed by atoms with Crippen LogP contribution in [0, 0.1) is 5.82 Å². The maximum Gasteiger partial charge on any atom is 0.256 e. The summed E-state index contributed by atoms with van der Waals surface area (Å²) in [5, 5.41) is 5.78. The van der Waals surface area contributed by atoms with E-state index < -0.39 is 6.04 Å². The lowest BCUT2D eigenvalue weighted by atomic mass is 9.95. The molecule has 1 aromatic heterocycles. The molecule has 5 rings (SSSR count). The largest absolute Gasteiger partial charge is 0.349 e. The maximum absolute atomic E-state index is 14.3. The van der Waals surface area contributed by atoms with Gasteiger partial charge in [-0.2, -0.15) is 0 Å². The molecule has 0 unspecified atom stereocenters. The van der Waals surface area contributed by atoms with Gasteiger partial charge >= 0.3 is 0 Å². The molecule has 0 radical (unpaired) electrons. The molecule has 166 valence electrons. The van der Waals surface area contributed by atoms with E-state index in [1.54, 1.807) is 59.6 Å². The number of aromatic nitrogens is 1. The van der Waals surface area contributed by atoms with Crippen LogP contribution in [0.5, 0.6) is 0 Å². The van der Waals surface area contributed by atoms with Gasteiger partial charge in [0, 0.05) is 30.5 Å². The summed E-state index contributed by atoms with van der Waals surface area (Å²) >= 11 is 0. The lowest BCUT2D eigenvalue weighted by Crippen LogP contribution is -2.55. The molecular formula is C25H21FN4O3. The van der Waals surface area contributed by atoms with Crippen LogP contribution in [0.1, 0.15) is 33.6 Å². The summed E-state index contributed by atoms with van der Waals surface area (Å²) in [4.78, 5) is 44.4. The second-order valence-corrected chi connectivity index (χ2v) is 8.18. The van der Waals surface area contributed by atoms with Gasteiger partial charge in [-0.1, -0.05) is 24.3 Å². The Morgan fingerprint density at radius 1 is 1.09 bits per heavy atom. The van der Waals surface area contributed by atoms with Gasteiger partial charge in [0.15, 0.2) is 0 Å². The third kappa shape index (κ3) is 3.95. The number of fused-ring (bicyclic) bond motifs is 2. The fourth-order valence-corrected chi connectivity index (χ4v) is 4.42. The van der Waals surface area contributed by atoms with E-state index in [0.29, 0.717) is 47.3 Å². The number of hydrogen-bond acceptors (Lipinski definition) is 4. The van der Waals surface area contributed by atoms with E-state index >= 15 is 0 Å². The van der Waals surface area contributed by atoms with Gasteiger partial charge in [0.25, 0.3) is 11.8 Å². The normalized spacial score (nSPS) is 19.7. The second kappa shape index (κ2) is 8.46. The molecule has 2 N–H and O–H groups in total. The molecule has 0 aliphatic carbocycles. The summed E-state index contributed by atoms with van der Waals surface area (Å²) in [6.07, 6.45) is 3.89. The van der Waals surface area contributed by atoms with E-state index in [1.165, 1.54) is 12.3 Å². The summed E-state index contributed by atoms with van der Waals surface area (Å²) in [7, 11) is 0. The van der Waals surface area contributed by atoms with Gasteiger partial charge in [0.2, 0.25) is 5.91 Å². The summed E-state index contributed by atoms with van der Waals surface area (Å²) < 4.78 is 14.3. The number of rotatable bonds is 3. The minimum absolute atomic E-state index is 0.257. The Kier molecular flexibility index (Phi) is 5.34. The number of amides is 3. The number of halogens is 1. The molecule has 2 aliphatic rings. The zero-order valence-electron chi connectivity index (χ0n) is 17.6. The van der Waals surface area contributed by atoms with Crippen molar-refractivity contribution in [2.24, 2.45) is 0 Å². The Bertz CT molecular complexity index is 1250. The third-order valence-corrected chi connectivity index (χ3v) is 6.12. The highest BCUT2D eigenvalue weighted by Crippen LogP contribution is 2.32. The number of carbonyl (C=O) groups excluding carboxylic acids is 3. The van der Waals surface area contributed by atoms with Crippen molar-refractivity contribution in [1.82, 2.24) is 15.2 Å². The van der Waals surface area contributed by atoms with E-state index in [9.17, 15) is 18.8 Å². The van der Waals surface area contributed by atoms with Crippen molar-refractivity contribution in [3.05, 3.63) is 83.9 Å². The molecule has 3 aromatic rings. The fourth-order valence-electron chi connectivity index (χ4n) is 4.42. The first-order valence-electron chi connectivity index (χ1n) is 10.7. The van der Waals surface area contributed by atoms with E-state index in [1.807, 2.05) is 0 Å². The van der Waals surface area contributed by atoms with Gasteiger partial charge in [-0.3, -0.25) is 19.4 Å². The van der Waals surface area contributed by atoms with Crippen molar-refractivity contribution in [1.29, 1.82) is 0 Å². The van der Waals surface area contributed by atoms with Crippen LogP contribution in [0.15, 0.2) is 67.0 Å². The lowest BCUT2D eigenvalue weighted by Gasteiger charge is -2.37. The SMILES string of the molecule is O=C(N[C@H]1CCN2C(=O)c3cc(-c4ccccc4F)ccc3NC(=O)[C@@H]2C1)c1cccnc1. The Morgan fingerprint density at radius 2 is 1.94 bits per heavy atom. The average molecular weight is 444 g/mol. The van der Waals surface area contributed by atoms with Crippen LogP contribution in [0.2, 0.25) is 0 Å². The van der Waals surface area contributed by atoms with E-state index in [-0.39, 0.29) is 29.6 Å². The van der Waals surface area contributed by atoms with Crippen molar-refractivity contribution in [2.45, 2.75) is 24.9 Å². The maximum atomic E-state index is 14.3. The van der Waals surface area contributed by atoms with Crippen LogP contribution in [0.25, 0.3) is 11.1 Å². The Morgan fingerprint density at radius 3 is 2.73 bits per heavy atom. The summed E-state index contributed by atoms with van der Waals surface area (Å²) in [6.45, 7) is 0.318. The van der Waals surface area contributed by atoms with Crippen molar-refractivity contribution in [3.8, 4) is 11.1 Å². The van der Waals surface area contributed by atoms with Crippen LogP contribution in [0.4, 0.5) is 10.1 Å². The standard InChI is InChI=1S/C25H21FN4O3/c26-20-6-2-1-5-18(20)15-7-8-21-19(12-15)25(33)30-11-9-17(13-22(30)24(32)29-21)28-23(31)16-4-3-10-27-14-16/h1-8,10,12,14,17,22H,9,11,13H2,(H,28,31)(H,29,32)/t17-,22-/m0/s1. The number of carbonyl (C=O) groups is 3. The molecule has 7 nitrogen and oxygen atoms in total. The smallest absolute Gasteiger partial charge is 0.256 e. The monoisotopic (exact) mass is 444 g/mol. The number of hydrogen-bond donors (Lipinski definition) is 2. The van der Waals surface area contributed by atoms with Crippen LogP contribution in [-0.2, 0) is 4.79 Å². The molecule has 2 aromatic carbocycles. The van der Waals surface area contributed by atoms with Gasteiger partial charge in [0.05, 0.1) is 16.8 Å². The highest BCUT2D eigenvalue weighted by atomic mass is 19.1. The fraction of sp³-hybridized carbons (Fsp3) is 0.200. The molecule has 1 fully saturated rings. The predicted octanol–water partition coefficient (Wildman–Crippen LogP) is 3.24. The van der Waals surface area contributed by atoms with Crippen molar-refractivity contribution in [3.63, 3.8) is 0 Å². The first-order chi connectivity index (χ1) is 16.0. The minimum atomic E-state index is -0.713. The molecule has 2 aliphatic heterocycles. The van der Waals surface area contributed by atoms with Crippen molar-refractivity contribution < 1.29 is 18.8 Å². The summed E-state index contributed by atoms with van der Waals surface area (Å²) in [5.41, 5.74) is 2.11. The van der Waals surface area contributed by atoms with Gasteiger partial charge in [-0.25, -0.2) is 4.39 Å². The molecule has 33 heavy (non-hydrogen) atoms. The molecule has 8 heteroatoms. The number of benzene rings is 2. The van der Waals surface area contributed by atoms with Gasteiger partial charge in [0.1, 0.15) is 11.9 Å². The molecule has 2 atom stereocenters. The van der Waals surface area contributed by atoms with E-state index in [0.717, 1.165) is 0 Å². The van der Waals surface area contributed by atoms with Crippen LogP contribution in [0.3, 0.4) is 0 Å². The summed E-state index contributed by atoms with van der Waals surface area (Å²) in [5.74, 6) is -1.24. The predicted molar refractivity (Wildman–Crippen MR) is 120 cm³/mol. The molecular weight excluding hydrogens is 423 g/mol. The number of nitrogens with zero attached hydrogens (tertiary/aromatic N) is 2. The second-order valence-electron chi connectivity index (χ2n) is 8.18. The van der Waals surface area contributed by atoms with Gasteiger partial charge < -0.3 is 15.5 Å². The molecule has 1 saturated heterocycles. The third-order valence-electron chi connectivity index (χ3n) is 6.12. The average Bonchev–Trinajstić information content (AvgIpc) is 2.94. The van der Waals surface area contributed by atoms with Crippen LogP contribution >= 0.6 is 0 Å². The molecule has 0 spiro atoms. The van der Waals surface area contributed by atoms with Crippen LogP contribution < -0.4 is 10.6 Å².